The van der Waals surface area contributed by atoms with Crippen molar-refractivity contribution in [3.05, 3.63) is 24.3 Å². The molecule has 1 fully saturated rings. The molecule has 0 saturated carbocycles. The number of hydrogen-bond acceptors (Lipinski definition) is 3. The largest absolute Gasteiger partial charge is 0.326 e. The average Bonchev–Trinajstić information content (AvgIpc) is 2.40. The molecule has 2 amide bonds. The fourth-order valence-corrected chi connectivity index (χ4v) is 2.67. The third-order valence-electron chi connectivity index (χ3n) is 3.60. The Morgan fingerprint density at radius 3 is 2.38 bits per heavy atom. The van der Waals surface area contributed by atoms with Crippen LogP contribution in [0.2, 0.25) is 0 Å². The van der Waals surface area contributed by atoms with E-state index in [-0.39, 0.29) is 11.8 Å². The lowest BCUT2D eigenvalue weighted by molar-refractivity contribution is -0.117. The number of nitrogens with one attached hydrogen (secondary N) is 2. The second-order valence-electron chi connectivity index (χ2n) is 5.79. The summed E-state index contributed by atoms with van der Waals surface area (Å²) in [6.07, 6.45) is 2.42. The maximum atomic E-state index is 12.0. The zero-order valence-corrected chi connectivity index (χ0v) is 12.7. The Bertz CT molecular complexity index is 499. The van der Waals surface area contributed by atoms with Crippen molar-refractivity contribution in [2.45, 2.75) is 26.7 Å². The summed E-state index contributed by atoms with van der Waals surface area (Å²) in [6, 6.07) is 7.14. The lowest BCUT2D eigenvalue weighted by atomic mass is 10.0. The third kappa shape index (κ3) is 5.19. The molecule has 1 heterocycles. The SMILES string of the molecule is CC(=O)Nc1ccc(NC(=O)CN2CCC[C@@H](C)C2)cc1. The van der Waals surface area contributed by atoms with E-state index in [1.54, 1.807) is 24.3 Å². The first-order valence-corrected chi connectivity index (χ1v) is 7.43. The van der Waals surface area contributed by atoms with Gasteiger partial charge in [-0.3, -0.25) is 14.5 Å². The first kappa shape index (κ1) is 15.5. The molecule has 0 radical (unpaired) electrons. The molecule has 1 aliphatic rings. The summed E-state index contributed by atoms with van der Waals surface area (Å²) in [5, 5.41) is 5.59. The molecule has 0 aliphatic carbocycles. The smallest absolute Gasteiger partial charge is 0.238 e. The highest BCUT2D eigenvalue weighted by Gasteiger charge is 2.18. The summed E-state index contributed by atoms with van der Waals surface area (Å²) < 4.78 is 0. The van der Waals surface area contributed by atoms with Gasteiger partial charge in [-0.1, -0.05) is 6.92 Å². The summed E-state index contributed by atoms with van der Waals surface area (Å²) in [7, 11) is 0. The summed E-state index contributed by atoms with van der Waals surface area (Å²) >= 11 is 0. The average molecular weight is 289 g/mol. The molecule has 1 atom stereocenters. The molecule has 1 aromatic carbocycles. The van der Waals surface area contributed by atoms with Gasteiger partial charge in [0.2, 0.25) is 11.8 Å². The van der Waals surface area contributed by atoms with E-state index in [9.17, 15) is 9.59 Å². The van der Waals surface area contributed by atoms with Crippen molar-refractivity contribution < 1.29 is 9.59 Å². The molecule has 5 nitrogen and oxygen atoms in total. The molecule has 2 rings (SSSR count). The van der Waals surface area contributed by atoms with Gasteiger partial charge in [0.1, 0.15) is 0 Å². The van der Waals surface area contributed by atoms with Crippen LogP contribution >= 0.6 is 0 Å². The molecule has 0 bridgehead atoms. The van der Waals surface area contributed by atoms with E-state index >= 15 is 0 Å². The third-order valence-corrected chi connectivity index (χ3v) is 3.60. The molecule has 114 valence electrons. The number of carbonyl (C=O) groups is 2. The highest BCUT2D eigenvalue weighted by Crippen LogP contribution is 2.16. The first-order chi connectivity index (χ1) is 10.0. The Labute approximate surface area is 125 Å². The minimum Gasteiger partial charge on any atom is -0.326 e. The molecule has 5 heteroatoms. The number of piperidine rings is 1. The zero-order chi connectivity index (χ0) is 15.2. The van der Waals surface area contributed by atoms with E-state index in [2.05, 4.69) is 22.5 Å². The van der Waals surface area contributed by atoms with Crippen LogP contribution in [-0.4, -0.2) is 36.3 Å². The van der Waals surface area contributed by atoms with Crippen molar-refractivity contribution in [1.29, 1.82) is 0 Å². The number of likely N-dealkylation sites (tertiary alicyclic amines) is 1. The molecule has 1 saturated heterocycles. The summed E-state index contributed by atoms with van der Waals surface area (Å²) in [5.74, 6) is 0.575. The molecule has 0 aromatic heterocycles. The zero-order valence-electron chi connectivity index (χ0n) is 12.7. The van der Waals surface area contributed by atoms with Crippen molar-refractivity contribution in [3.8, 4) is 0 Å². The Morgan fingerprint density at radius 1 is 1.19 bits per heavy atom. The van der Waals surface area contributed by atoms with Crippen molar-refractivity contribution in [2.24, 2.45) is 5.92 Å². The van der Waals surface area contributed by atoms with Crippen LogP contribution in [0.15, 0.2) is 24.3 Å². The van der Waals surface area contributed by atoms with E-state index in [1.807, 2.05) is 0 Å². The quantitative estimate of drug-likeness (QED) is 0.894. The van der Waals surface area contributed by atoms with Crippen LogP contribution in [0.3, 0.4) is 0 Å². The molecule has 1 aromatic rings. The molecular weight excluding hydrogens is 266 g/mol. The molecule has 0 unspecified atom stereocenters. The summed E-state index contributed by atoms with van der Waals surface area (Å²) in [6.45, 7) is 6.13. The predicted octanol–water partition coefficient (Wildman–Crippen LogP) is 2.32. The Morgan fingerprint density at radius 2 is 1.81 bits per heavy atom. The van der Waals surface area contributed by atoms with E-state index in [1.165, 1.54) is 19.8 Å². The number of hydrogen-bond donors (Lipinski definition) is 2. The topological polar surface area (TPSA) is 61.4 Å². The molecular formula is C16H23N3O2. The second-order valence-corrected chi connectivity index (χ2v) is 5.79. The van der Waals surface area contributed by atoms with Gasteiger partial charge in [-0.25, -0.2) is 0 Å². The van der Waals surface area contributed by atoms with Gasteiger partial charge >= 0.3 is 0 Å². The highest BCUT2D eigenvalue weighted by molar-refractivity contribution is 5.93. The maximum absolute atomic E-state index is 12.0. The molecule has 21 heavy (non-hydrogen) atoms. The molecule has 1 aliphatic heterocycles. The van der Waals surface area contributed by atoms with Crippen molar-refractivity contribution in [2.75, 3.05) is 30.3 Å². The second kappa shape index (κ2) is 7.22. The fraction of sp³-hybridized carbons (Fsp3) is 0.500. The van der Waals surface area contributed by atoms with Crippen LogP contribution in [0.1, 0.15) is 26.7 Å². The first-order valence-electron chi connectivity index (χ1n) is 7.43. The van der Waals surface area contributed by atoms with E-state index < -0.39 is 0 Å². The minimum absolute atomic E-state index is 0.0105. The Balaban J connectivity index is 1.83. The molecule has 2 N–H and O–H groups in total. The highest BCUT2D eigenvalue weighted by atomic mass is 16.2. The standard InChI is InChI=1S/C16H23N3O2/c1-12-4-3-9-19(10-12)11-16(21)18-15-7-5-14(6-8-15)17-13(2)20/h5-8,12H,3-4,9-11H2,1-2H3,(H,17,20)(H,18,21)/t12-/m1/s1. The normalized spacial score (nSPS) is 19.0. The van der Waals surface area contributed by atoms with Crippen LogP contribution in [-0.2, 0) is 9.59 Å². The van der Waals surface area contributed by atoms with Crippen LogP contribution in [0.4, 0.5) is 11.4 Å². The maximum Gasteiger partial charge on any atom is 0.238 e. The monoisotopic (exact) mass is 289 g/mol. The van der Waals surface area contributed by atoms with Gasteiger partial charge in [0.25, 0.3) is 0 Å². The van der Waals surface area contributed by atoms with E-state index in [0.29, 0.717) is 12.5 Å². The van der Waals surface area contributed by atoms with Gasteiger partial charge < -0.3 is 10.6 Å². The van der Waals surface area contributed by atoms with Crippen molar-refractivity contribution in [1.82, 2.24) is 4.90 Å². The van der Waals surface area contributed by atoms with Gasteiger partial charge in [0.15, 0.2) is 0 Å². The van der Waals surface area contributed by atoms with E-state index in [4.69, 9.17) is 0 Å². The van der Waals surface area contributed by atoms with Gasteiger partial charge in [0.05, 0.1) is 6.54 Å². The number of nitrogens with zero attached hydrogens (tertiary/aromatic N) is 1. The lowest BCUT2D eigenvalue weighted by Crippen LogP contribution is -2.39. The number of carbonyl (C=O) groups excluding carboxylic acids is 2. The van der Waals surface area contributed by atoms with Crippen molar-refractivity contribution >= 4 is 23.2 Å². The van der Waals surface area contributed by atoms with Gasteiger partial charge in [-0.2, -0.15) is 0 Å². The predicted molar refractivity (Wildman–Crippen MR) is 84.2 cm³/mol. The Hall–Kier alpha value is -1.88. The minimum atomic E-state index is -0.106. The Kier molecular flexibility index (Phi) is 5.33. The van der Waals surface area contributed by atoms with Gasteiger partial charge in [0, 0.05) is 24.8 Å². The lowest BCUT2D eigenvalue weighted by Gasteiger charge is -2.30. The van der Waals surface area contributed by atoms with Crippen LogP contribution in [0.5, 0.6) is 0 Å². The summed E-state index contributed by atoms with van der Waals surface area (Å²) in [4.78, 5) is 25.2. The van der Waals surface area contributed by atoms with Gasteiger partial charge in [-0.05, 0) is 49.6 Å². The van der Waals surface area contributed by atoms with Crippen LogP contribution in [0, 0.1) is 5.92 Å². The number of rotatable bonds is 4. The molecule has 0 spiro atoms. The number of anilines is 2. The summed E-state index contributed by atoms with van der Waals surface area (Å²) in [5.41, 5.74) is 1.48. The van der Waals surface area contributed by atoms with E-state index in [0.717, 1.165) is 24.5 Å². The van der Waals surface area contributed by atoms with Crippen molar-refractivity contribution in [3.63, 3.8) is 0 Å². The fourth-order valence-electron chi connectivity index (χ4n) is 2.67. The van der Waals surface area contributed by atoms with Crippen LogP contribution in [0.25, 0.3) is 0 Å². The number of amides is 2. The number of benzene rings is 1. The van der Waals surface area contributed by atoms with Crippen LogP contribution < -0.4 is 10.6 Å². The van der Waals surface area contributed by atoms with Gasteiger partial charge in [-0.15, -0.1) is 0 Å².